The lowest BCUT2D eigenvalue weighted by molar-refractivity contribution is 0.668. The van der Waals surface area contributed by atoms with Crippen LogP contribution in [0.5, 0.6) is 0 Å². The summed E-state index contributed by atoms with van der Waals surface area (Å²) in [6, 6.07) is 62.2. The van der Waals surface area contributed by atoms with Crippen LogP contribution < -0.4 is 9.80 Å². The van der Waals surface area contributed by atoms with Crippen LogP contribution in [0.1, 0.15) is 61.8 Å². The zero-order valence-electron chi connectivity index (χ0n) is 37.0. The second kappa shape index (κ2) is 14.5. The molecule has 0 aliphatic heterocycles. The molecule has 0 saturated carbocycles. The van der Waals surface area contributed by atoms with Crippen molar-refractivity contribution in [2.24, 2.45) is 0 Å². The van der Waals surface area contributed by atoms with E-state index in [1.807, 2.05) is 0 Å². The molecule has 12 aromatic rings. The Morgan fingerprint density at radius 3 is 1.22 bits per heavy atom. The number of rotatable bonds is 8. The Labute approximate surface area is 372 Å². The zero-order valence-corrected chi connectivity index (χ0v) is 37.0. The molecule has 12 rings (SSSR count). The Balaban J connectivity index is 1.16. The summed E-state index contributed by atoms with van der Waals surface area (Å²) in [5.41, 5.74) is 14.9. The molecule has 0 amide bonds. The molecule has 2 heterocycles. The molecule has 0 radical (unpaired) electrons. The number of hydrogen-bond acceptors (Lipinski definition) is 4. The van der Waals surface area contributed by atoms with Gasteiger partial charge >= 0.3 is 0 Å². The smallest absolute Gasteiger partial charge is 0.159 e. The van der Waals surface area contributed by atoms with E-state index in [1.165, 1.54) is 43.4 Å². The first-order chi connectivity index (χ1) is 31.2. The summed E-state index contributed by atoms with van der Waals surface area (Å²) in [5, 5.41) is 11.7. The third kappa shape index (κ3) is 5.75. The Hall–Kier alpha value is -7.56. The molecule has 4 heteroatoms. The van der Waals surface area contributed by atoms with Gasteiger partial charge in [-0.2, -0.15) is 0 Å². The van der Waals surface area contributed by atoms with Crippen LogP contribution in [0.2, 0.25) is 0 Å². The monoisotopic (exact) mass is 828 g/mol. The molecule has 0 fully saturated rings. The normalized spacial score (nSPS) is 12.2. The molecule has 64 heavy (non-hydrogen) atoms. The van der Waals surface area contributed by atoms with Crippen LogP contribution in [0.15, 0.2) is 179 Å². The van der Waals surface area contributed by atoms with E-state index in [1.54, 1.807) is 0 Å². The van der Waals surface area contributed by atoms with Gasteiger partial charge in [0.05, 0.1) is 22.7 Å². The number of fused-ring (bicyclic) bond motifs is 6. The van der Waals surface area contributed by atoms with Crippen LogP contribution in [0, 0.1) is 13.8 Å². The van der Waals surface area contributed by atoms with E-state index >= 15 is 0 Å². The highest BCUT2D eigenvalue weighted by atomic mass is 16.3. The fourth-order valence-electron chi connectivity index (χ4n) is 10.3. The van der Waals surface area contributed by atoms with Gasteiger partial charge in [0.25, 0.3) is 0 Å². The third-order valence-corrected chi connectivity index (χ3v) is 13.6. The van der Waals surface area contributed by atoms with Crippen molar-refractivity contribution in [3.8, 4) is 0 Å². The van der Waals surface area contributed by atoms with Gasteiger partial charge in [-0.15, -0.1) is 0 Å². The summed E-state index contributed by atoms with van der Waals surface area (Å²) >= 11 is 0. The van der Waals surface area contributed by atoms with Gasteiger partial charge < -0.3 is 18.6 Å². The van der Waals surface area contributed by atoms with Gasteiger partial charge in [-0.3, -0.25) is 0 Å². The van der Waals surface area contributed by atoms with Crippen LogP contribution in [0.3, 0.4) is 0 Å². The van der Waals surface area contributed by atoms with Crippen LogP contribution in [-0.4, -0.2) is 0 Å². The summed E-state index contributed by atoms with van der Waals surface area (Å²) in [5.74, 6) is 0.728. The second-order valence-electron chi connectivity index (χ2n) is 18.2. The molecule has 0 aliphatic rings. The van der Waals surface area contributed by atoms with Crippen LogP contribution in [-0.2, 0) is 0 Å². The summed E-state index contributed by atoms with van der Waals surface area (Å²) < 4.78 is 13.7. The highest BCUT2D eigenvalue weighted by Crippen LogP contribution is 2.51. The van der Waals surface area contributed by atoms with E-state index in [4.69, 9.17) is 8.83 Å². The van der Waals surface area contributed by atoms with E-state index < -0.39 is 0 Å². The average molecular weight is 829 g/mol. The molecule has 0 bridgehead atoms. The maximum absolute atomic E-state index is 6.84. The molecule has 10 aromatic carbocycles. The zero-order chi connectivity index (χ0) is 43.4. The lowest BCUT2D eigenvalue weighted by Crippen LogP contribution is -2.13. The molecule has 4 nitrogen and oxygen atoms in total. The van der Waals surface area contributed by atoms with Gasteiger partial charge in [0, 0.05) is 43.7 Å². The minimum absolute atomic E-state index is 0.364. The SMILES string of the molecule is Cc1ccc2c(oc3ccccc32)c1N(c1cccc(C(C)C)c1)c1ccc2ccc3c(N(c4cccc(C(C)C)c4)c4c(C)ccc5c4oc4ccccc45)ccc4ccc1c2c43. The molecular formula is C60H48N2O2. The summed E-state index contributed by atoms with van der Waals surface area (Å²) in [6.45, 7) is 13.5. The maximum Gasteiger partial charge on any atom is 0.159 e. The van der Waals surface area contributed by atoms with Gasteiger partial charge in [0.15, 0.2) is 11.2 Å². The van der Waals surface area contributed by atoms with Crippen LogP contribution >= 0.6 is 0 Å². The predicted molar refractivity (Wildman–Crippen MR) is 272 cm³/mol. The van der Waals surface area contributed by atoms with Gasteiger partial charge in [0.2, 0.25) is 0 Å². The number of hydrogen-bond donors (Lipinski definition) is 0. The van der Waals surface area contributed by atoms with Crippen molar-refractivity contribution in [1.82, 2.24) is 0 Å². The molecule has 0 unspecified atom stereocenters. The van der Waals surface area contributed by atoms with Crippen molar-refractivity contribution >= 4 is 110 Å². The molecule has 0 aliphatic carbocycles. The Bertz CT molecular complexity index is 3540. The van der Waals surface area contributed by atoms with Gasteiger partial charge in [-0.25, -0.2) is 0 Å². The molecule has 0 atom stereocenters. The Morgan fingerprint density at radius 1 is 0.375 bits per heavy atom. The lowest BCUT2D eigenvalue weighted by atomic mass is 9.91. The highest BCUT2D eigenvalue weighted by molar-refractivity contribution is 6.29. The fourth-order valence-corrected chi connectivity index (χ4v) is 10.3. The number of anilines is 6. The van der Waals surface area contributed by atoms with Crippen LogP contribution in [0.4, 0.5) is 34.1 Å². The minimum Gasteiger partial charge on any atom is -0.454 e. The van der Waals surface area contributed by atoms with Crippen molar-refractivity contribution in [3.63, 3.8) is 0 Å². The molecular weight excluding hydrogens is 781 g/mol. The molecule has 0 saturated heterocycles. The van der Waals surface area contributed by atoms with Crippen molar-refractivity contribution in [3.05, 3.63) is 192 Å². The number of aryl methyl sites for hydroxylation is 2. The van der Waals surface area contributed by atoms with Crippen molar-refractivity contribution in [2.75, 3.05) is 9.80 Å². The van der Waals surface area contributed by atoms with E-state index in [0.29, 0.717) is 11.8 Å². The van der Waals surface area contributed by atoms with E-state index in [9.17, 15) is 0 Å². The lowest BCUT2D eigenvalue weighted by Gasteiger charge is -2.31. The Morgan fingerprint density at radius 2 is 0.781 bits per heavy atom. The van der Waals surface area contributed by atoms with Crippen molar-refractivity contribution < 1.29 is 8.83 Å². The van der Waals surface area contributed by atoms with E-state index in [2.05, 4.69) is 221 Å². The van der Waals surface area contributed by atoms with E-state index in [0.717, 1.165) is 89.1 Å². The summed E-state index contributed by atoms with van der Waals surface area (Å²) in [7, 11) is 0. The molecule has 2 aromatic heterocycles. The standard InChI is InChI=1S/C60H48N2O2/c1-35(2)41-13-11-15-43(33-41)61(57-37(5)21-27-47-45-17-7-9-19-53(45)63-59(47)57)51-31-25-39-24-30-50-52(32-26-40-23-29-49(51)55(39)56(40)50)62(44-16-12-14-42(34-44)36(3)4)58-38(6)22-28-48-46-18-8-10-20-54(46)64-60(48)58/h7-36H,1-6H3. The minimum atomic E-state index is 0.364. The first-order valence-electron chi connectivity index (χ1n) is 22.6. The molecule has 0 N–H and O–H groups in total. The quantitative estimate of drug-likeness (QED) is 0.143. The first-order valence-corrected chi connectivity index (χ1v) is 22.6. The topological polar surface area (TPSA) is 32.8 Å². The summed E-state index contributed by atoms with van der Waals surface area (Å²) in [6.07, 6.45) is 0. The molecule has 0 spiro atoms. The number of furan rings is 2. The number of benzene rings is 10. The fraction of sp³-hybridized carbons (Fsp3) is 0.133. The van der Waals surface area contributed by atoms with Crippen LogP contribution in [0.25, 0.3) is 76.2 Å². The predicted octanol–water partition coefficient (Wildman–Crippen LogP) is 18.2. The largest absolute Gasteiger partial charge is 0.454 e. The second-order valence-corrected chi connectivity index (χ2v) is 18.2. The molecule has 310 valence electrons. The van der Waals surface area contributed by atoms with Gasteiger partial charge in [-0.05, 0) is 118 Å². The summed E-state index contributed by atoms with van der Waals surface area (Å²) in [4.78, 5) is 4.90. The first kappa shape index (κ1) is 38.1. The van der Waals surface area contributed by atoms with E-state index in [-0.39, 0.29) is 0 Å². The number of para-hydroxylation sites is 2. The highest BCUT2D eigenvalue weighted by Gasteiger charge is 2.27. The van der Waals surface area contributed by atoms with Crippen molar-refractivity contribution in [2.45, 2.75) is 53.4 Å². The van der Waals surface area contributed by atoms with Gasteiger partial charge in [-0.1, -0.05) is 149 Å². The number of nitrogens with zero attached hydrogens (tertiary/aromatic N) is 2. The Kier molecular flexibility index (Phi) is 8.64. The van der Waals surface area contributed by atoms with Gasteiger partial charge in [0.1, 0.15) is 11.2 Å². The van der Waals surface area contributed by atoms with Crippen molar-refractivity contribution in [1.29, 1.82) is 0 Å². The average Bonchev–Trinajstić information content (AvgIpc) is 3.89. The third-order valence-electron chi connectivity index (χ3n) is 13.6. The maximum atomic E-state index is 6.84.